The van der Waals surface area contributed by atoms with Gasteiger partial charge in [-0.15, -0.1) is 0 Å². The maximum Gasteiger partial charge on any atom is 0.274 e. The van der Waals surface area contributed by atoms with Gasteiger partial charge in [0.1, 0.15) is 17.5 Å². The first-order chi connectivity index (χ1) is 16.5. The van der Waals surface area contributed by atoms with Crippen LogP contribution in [0.3, 0.4) is 0 Å². The van der Waals surface area contributed by atoms with Crippen molar-refractivity contribution in [2.24, 2.45) is 11.7 Å². The van der Waals surface area contributed by atoms with Gasteiger partial charge in [-0.05, 0) is 36.6 Å². The van der Waals surface area contributed by atoms with Crippen molar-refractivity contribution in [1.29, 1.82) is 0 Å². The lowest BCUT2D eigenvalue weighted by atomic mass is 9.96. The van der Waals surface area contributed by atoms with Gasteiger partial charge in [0.2, 0.25) is 5.88 Å². The number of fused-ring (bicyclic) bond motifs is 1. The summed E-state index contributed by atoms with van der Waals surface area (Å²) >= 11 is 0. The van der Waals surface area contributed by atoms with Crippen molar-refractivity contribution >= 4 is 28.4 Å². The van der Waals surface area contributed by atoms with Gasteiger partial charge in [-0.1, -0.05) is 6.92 Å². The minimum atomic E-state index is -0.328. The zero-order valence-corrected chi connectivity index (χ0v) is 19.1. The smallest absolute Gasteiger partial charge is 0.274 e. The molecule has 0 saturated carbocycles. The van der Waals surface area contributed by atoms with Gasteiger partial charge in [0, 0.05) is 48.7 Å². The van der Waals surface area contributed by atoms with E-state index >= 15 is 0 Å². The third-order valence-corrected chi connectivity index (χ3v) is 5.99. The fourth-order valence-electron chi connectivity index (χ4n) is 4.45. The molecule has 9 nitrogen and oxygen atoms in total. The molecule has 1 aliphatic rings. The van der Waals surface area contributed by atoms with Gasteiger partial charge in [-0.25, -0.2) is 9.97 Å². The molecule has 4 aromatic heterocycles. The number of carbonyl (C=O) groups is 1. The first-order valence-corrected chi connectivity index (χ1v) is 11.2. The van der Waals surface area contributed by atoms with Gasteiger partial charge < -0.3 is 25.1 Å². The van der Waals surface area contributed by atoms with E-state index in [1.807, 2.05) is 12.1 Å². The Labute approximate surface area is 197 Å². The van der Waals surface area contributed by atoms with E-state index in [4.69, 9.17) is 14.9 Å². The average Bonchev–Trinajstić information content (AvgIpc) is 3.27. The number of carbonyl (C=O) groups excluding carboxylic acids is 1. The molecule has 9 heteroatoms. The highest BCUT2D eigenvalue weighted by atomic mass is 16.5. The van der Waals surface area contributed by atoms with Crippen LogP contribution in [0.2, 0.25) is 0 Å². The highest BCUT2D eigenvalue weighted by Gasteiger charge is 2.25. The molecule has 2 atom stereocenters. The predicted octanol–water partition coefficient (Wildman–Crippen LogP) is 3.72. The standard InChI is InChI=1S/C25H26N6O3/c1-15-9-17(26)13-31(12-15)21-7-8-27-11-20(21)30-25(32)19-4-5-22-24(29-19)18(14-34-22)16-3-6-23(33-2)28-10-16/h3-8,10-11,14-15,17H,9,12-13,26H2,1-2H3,(H,30,32)/t15-,17+/m1/s1. The maximum absolute atomic E-state index is 13.2. The molecule has 0 spiro atoms. The molecular formula is C25H26N6O3. The number of aromatic nitrogens is 3. The van der Waals surface area contributed by atoms with E-state index in [1.54, 1.807) is 50.2 Å². The molecule has 1 amide bonds. The summed E-state index contributed by atoms with van der Waals surface area (Å²) in [6, 6.07) is 9.02. The van der Waals surface area contributed by atoms with Crippen LogP contribution in [0.4, 0.5) is 11.4 Å². The van der Waals surface area contributed by atoms with Crippen LogP contribution in [-0.2, 0) is 0 Å². The number of anilines is 2. The second kappa shape index (κ2) is 9.11. The van der Waals surface area contributed by atoms with Crippen molar-refractivity contribution in [3.05, 3.63) is 60.9 Å². The minimum absolute atomic E-state index is 0.0940. The fourth-order valence-corrected chi connectivity index (χ4v) is 4.45. The van der Waals surface area contributed by atoms with Crippen LogP contribution in [-0.4, -0.2) is 47.1 Å². The summed E-state index contributed by atoms with van der Waals surface area (Å²) in [4.78, 5) is 28.4. The molecule has 0 bridgehead atoms. The van der Waals surface area contributed by atoms with E-state index in [0.717, 1.165) is 36.3 Å². The van der Waals surface area contributed by atoms with Gasteiger partial charge in [0.05, 0.1) is 24.7 Å². The summed E-state index contributed by atoms with van der Waals surface area (Å²) in [6.45, 7) is 3.79. The number of methoxy groups -OCH3 is 1. The van der Waals surface area contributed by atoms with Crippen LogP contribution in [0.5, 0.6) is 5.88 Å². The third kappa shape index (κ3) is 4.29. The summed E-state index contributed by atoms with van der Waals surface area (Å²) in [6.07, 6.45) is 7.67. The lowest BCUT2D eigenvalue weighted by Crippen LogP contribution is -2.46. The Kier molecular flexibility index (Phi) is 5.85. The van der Waals surface area contributed by atoms with Crippen LogP contribution in [0.15, 0.2) is 59.6 Å². The molecule has 4 aromatic rings. The Morgan fingerprint density at radius 3 is 2.85 bits per heavy atom. The number of pyridine rings is 3. The molecule has 0 aromatic carbocycles. The molecule has 174 valence electrons. The number of ether oxygens (including phenoxy) is 1. The molecule has 1 fully saturated rings. The monoisotopic (exact) mass is 458 g/mol. The number of amides is 1. The quantitative estimate of drug-likeness (QED) is 0.464. The second-order valence-corrected chi connectivity index (χ2v) is 8.63. The zero-order valence-electron chi connectivity index (χ0n) is 19.1. The second-order valence-electron chi connectivity index (χ2n) is 8.63. The van der Waals surface area contributed by atoms with Gasteiger partial charge in [0.25, 0.3) is 5.91 Å². The SMILES string of the molecule is COc1ccc(-c2coc3ccc(C(=O)Nc4cnccc4N4C[C@H](C)C[C@H](N)C4)nc23)cn1. The summed E-state index contributed by atoms with van der Waals surface area (Å²) in [5.41, 5.74) is 10.8. The molecule has 1 saturated heterocycles. The Balaban J connectivity index is 1.42. The van der Waals surface area contributed by atoms with E-state index in [2.05, 4.69) is 32.1 Å². The van der Waals surface area contributed by atoms with Gasteiger partial charge >= 0.3 is 0 Å². The third-order valence-electron chi connectivity index (χ3n) is 5.99. The van der Waals surface area contributed by atoms with Crippen molar-refractivity contribution in [3.63, 3.8) is 0 Å². The predicted molar refractivity (Wildman–Crippen MR) is 130 cm³/mol. The van der Waals surface area contributed by atoms with Crippen molar-refractivity contribution in [2.75, 3.05) is 30.4 Å². The molecule has 3 N–H and O–H groups in total. The van der Waals surface area contributed by atoms with Gasteiger partial charge in [0.15, 0.2) is 5.58 Å². The van der Waals surface area contributed by atoms with Crippen LogP contribution in [0.25, 0.3) is 22.2 Å². The van der Waals surface area contributed by atoms with Gasteiger partial charge in [-0.2, -0.15) is 0 Å². The summed E-state index contributed by atoms with van der Waals surface area (Å²) in [7, 11) is 1.57. The highest BCUT2D eigenvalue weighted by molar-refractivity contribution is 6.06. The fraction of sp³-hybridized carbons (Fsp3) is 0.280. The van der Waals surface area contributed by atoms with Crippen LogP contribution in [0, 0.1) is 5.92 Å². The average molecular weight is 459 g/mol. The maximum atomic E-state index is 13.2. The highest BCUT2D eigenvalue weighted by Crippen LogP contribution is 2.31. The zero-order chi connectivity index (χ0) is 23.7. The van der Waals surface area contributed by atoms with Crippen LogP contribution < -0.4 is 20.7 Å². The van der Waals surface area contributed by atoms with Crippen molar-refractivity contribution in [2.45, 2.75) is 19.4 Å². The largest absolute Gasteiger partial charge is 0.481 e. The Morgan fingerprint density at radius 2 is 2.09 bits per heavy atom. The van der Waals surface area contributed by atoms with Gasteiger partial charge in [-0.3, -0.25) is 9.78 Å². The number of hydrogen-bond acceptors (Lipinski definition) is 8. The lowest BCUT2D eigenvalue weighted by molar-refractivity contribution is 0.102. The topological polar surface area (TPSA) is 119 Å². The molecular weight excluding hydrogens is 432 g/mol. The van der Waals surface area contributed by atoms with Crippen molar-refractivity contribution in [3.8, 4) is 17.0 Å². The first kappa shape index (κ1) is 21.8. The molecule has 0 aliphatic carbocycles. The molecule has 5 rings (SSSR count). The lowest BCUT2D eigenvalue weighted by Gasteiger charge is -2.37. The Bertz CT molecular complexity index is 1310. The van der Waals surface area contributed by atoms with Crippen LogP contribution in [0.1, 0.15) is 23.8 Å². The number of rotatable bonds is 5. The number of nitrogens with zero attached hydrogens (tertiary/aromatic N) is 4. The van der Waals surface area contributed by atoms with Crippen molar-refractivity contribution in [1.82, 2.24) is 15.0 Å². The number of nitrogens with two attached hydrogens (primary N) is 1. The summed E-state index contributed by atoms with van der Waals surface area (Å²) in [5.74, 6) is 0.655. The van der Waals surface area contributed by atoms with E-state index in [0.29, 0.717) is 28.6 Å². The number of nitrogens with one attached hydrogen (secondary N) is 1. The summed E-state index contributed by atoms with van der Waals surface area (Å²) in [5, 5.41) is 2.98. The first-order valence-electron chi connectivity index (χ1n) is 11.2. The molecule has 5 heterocycles. The summed E-state index contributed by atoms with van der Waals surface area (Å²) < 4.78 is 10.8. The van der Waals surface area contributed by atoms with E-state index in [9.17, 15) is 4.79 Å². The molecule has 0 radical (unpaired) electrons. The number of hydrogen-bond donors (Lipinski definition) is 2. The number of piperidine rings is 1. The minimum Gasteiger partial charge on any atom is -0.481 e. The normalized spacial score (nSPS) is 18.1. The van der Waals surface area contributed by atoms with E-state index in [-0.39, 0.29) is 17.6 Å². The Hall–Kier alpha value is -3.98. The molecule has 1 aliphatic heterocycles. The molecule has 0 unspecified atom stereocenters. The van der Waals surface area contributed by atoms with Crippen LogP contribution >= 0.6 is 0 Å². The van der Waals surface area contributed by atoms with Crippen molar-refractivity contribution < 1.29 is 13.9 Å². The molecule has 34 heavy (non-hydrogen) atoms. The number of furan rings is 1. The van der Waals surface area contributed by atoms with E-state index in [1.165, 1.54) is 0 Å². The Morgan fingerprint density at radius 1 is 1.21 bits per heavy atom. The van der Waals surface area contributed by atoms with E-state index < -0.39 is 0 Å².